The molecule has 0 saturated heterocycles. The zero-order chi connectivity index (χ0) is 19.4. The van der Waals surface area contributed by atoms with Crippen LogP contribution in [-0.4, -0.2) is 43.8 Å². The van der Waals surface area contributed by atoms with E-state index in [4.69, 9.17) is 14.0 Å². The van der Waals surface area contributed by atoms with Gasteiger partial charge in [0, 0.05) is 12.6 Å². The summed E-state index contributed by atoms with van der Waals surface area (Å²) < 4.78 is 15.8. The minimum absolute atomic E-state index is 0.0803. The first-order chi connectivity index (χ1) is 13.0. The van der Waals surface area contributed by atoms with Gasteiger partial charge in [0.15, 0.2) is 11.5 Å². The Hall–Kier alpha value is -3.03. The summed E-state index contributed by atoms with van der Waals surface area (Å²) in [4.78, 5) is 24.4. The van der Waals surface area contributed by atoms with E-state index in [0.717, 1.165) is 12.8 Å². The number of carbonyl (C=O) groups is 2. The van der Waals surface area contributed by atoms with Gasteiger partial charge in [-0.15, -0.1) is 0 Å². The number of hydrogen-bond acceptors (Lipinski definition) is 6. The van der Waals surface area contributed by atoms with Gasteiger partial charge in [-0.2, -0.15) is 0 Å². The van der Waals surface area contributed by atoms with Gasteiger partial charge in [0.2, 0.25) is 5.91 Å². The van der Waals surface area contributed by atoms with Gasteiger partial charge in [-0.05, 0) is 43.9 Å². The molecule has 2 N–H and O–H groups in total. The van der Waals surface area contributed by atoms with E-state index in [1.54, 1.807) is 32.2 Å². The molecule has 8 heteroatoms. The summed E-state index contributed by atoms with van der Waals surface area (Å²) in [6.45, 7) is 2.29. The standard InChI is InChI=1S/C19H23N3O5/c1-11(18(23)20-10-12-4-5-12)21-19(24)15-9-17(27-22-15)14-8-13(25-2)6-7-16(14)26-3/h6-9,11-12H,4-5,10H2,1-3H3,(H,20,23)(H,21,24)/t11-/m1/s1. The third-order valence-electron chi connectivity index (χ3n) is 4.42. The maximum Gasteiger partial charge on any atom is 0.274 e. The molecular weight excluding hydrogens is 350 g/mol. The zero-order valence-corrected chi connectivity index (χ0v) is 15.6. The molecule has 1 aliphatic rings. The van der Waals surface area contributed by atoms with Crippen LogP contribution < -0.4 is 20.1 Å². The molecule has 0 radical (unpaired) electrons. The van der Waals surface area contributed by atoms with Gasteiger partial charge in [-0.3, -0.25) is 9.59 Å². The minimum atomic E-state index is -0.664. The fourth-order valence-electron chi connectivity index (χ4n) is 2.57. The molecule has 1 aromatic carbocycles. The van der Waals surface area contributed by atoms with Crippen molar-refractivity contribution in [2.24, 2.45) is 5.92 Å². The van der Waals surface area contributed by atoms with Gasteiger partial charge in [0.25, 0.3) is 5.91 Å². The van der Waals surface area contributed by atoms with Crippen LogP contribution >= 0.6 is 0 Å². The normalized spacial score (nSPS) is 14.3. The van der Waals surface area contributed by atoms with Gasteiger partial charge in [-0.25, -0.2) is 0 Å². The first-order valence-electron chi connectivity index (χ1n) is 8.79. The molecule has 1 aromatic heterocycles. The van der Waals surface area contributed by atoms with Crippen LogP contribution in [0, 0.1) is 5.92 Å². The number of methoxy groups -OCH3 is 2. The predicted octanol–water partition coefficient (Wildman–Crippen LogP) is 2.00. The second-order valence-electron chi connectivity index (χ2n) is 6.53. The number of benzene rings is 1. The minimum Gasteiger partial charge on any atom is -0.497 e. The Labute approximate surface area is 157 Å². The van der Waals surface area contributed by atoms with E-state index >= 15 is 0 Å². The molecule has 27 heavy (non-hydrogen) atoms. The van der Waals surface area contributed by atoms with Crippen molar-refractivity contribution >= 4 is 11.8 Å². The van der Waals surface area contributed by atoms with Crippen molar-refractivity contribution < 1.29 is 23.6 Å². The highest BCUT2D eigenvalue weighted by Gasteiger charge is 2.24. The van der Waals surface area contributed by atoms with Gasteiger partial charge < -0.3 is 24.6 Å². The van der Waals surface area contributed by atoms with Gasteiger partial charge in [0.1, 0.15) is 17.5 Å². The van der Waals surface area contributed by atoms with Crippen LogP contribution in [0.2, 0.25) is 0 Å². The number of amides is 2. The monoisotopic (exact) mass is 373 g/mol. The van der Waals surface area contributed by atoms with Crippen molar-refractivity contribution in [1.29, 1.82) is 0 Å². The topological polar surface area (TPSA) is 103 Å². The fourth-order valence-corrected chi connectivity index (χ4v) is 2.57. The molecule has 144 valence electrons. The van der Waals surface area contributed by atoms with Crippen LogP contribution in [0.15, 0.2) is 28.8 Å². The summed E-state index contributed by atoms with van der Waals surface area (Å²) >= 11 is 0. The number of carbonyl (C=O) groups excluding carboxylic acids is 2. The van der Waals surface area contributed by atoms with Crippen LogP contribution in [-0.2, 0) is 4.79 Å². The third-order valence-corrected chi connectivity index (χ3v) is 4.42. The first-order valence-corrected chi connectivity index (χ1v) is 8.79. The Morgan fingerprint density at radius 2 is 2.04 bits per heavy atom. The molecule has 1 fully saturated rings. The summed E-state index contributed by atoms with van der Waals surface area (Å²) in [6, 6.07) is 6.07. The lowest BCUT2D eigenvalue weighted by atomic mass is 10.1. The van der Waals surface area contributed by atoms with E-state index in [2.05, 4.69) is 15.8 Å². The molecule has 3 rings (SSSR count). The molecule has 2 aromatic rings. The summed E-state index contributed by atoms with van der Waals surface area (Å²) in [7, 11) is 3.09. The van der Waals surface area contributed by atoms with E-state index in [-0.39, 0.29) is 11.6 Å². The molecule has 1 atom stereocenters. The highest BCUT2D eigenvalue weighted by atomic mass is 16.5. The van der Waals surface area contributed by atoms with Crippen LogP contribution in [0.5, 0.6) is 11.5 Å². The molecule has 0 spiro atoms. The average molecular weight is 373 g/mol. The maximum atomic E-state index is 12.4. The molecular formula is C19H23N3O5. The Bertz CT molecular complexity index is 829. The second kappa shape index (κ2) is 8.11. The number of hydrogen-bond donors (Lipinski definition) is 2. The highest BCUT2D eigenvalue weighted by Crippen LogP contribution is 2.33. The summed E-state index contributed by atoms with van der Waals surface area (Å²) in [5, 5.41) is 9.26. The molecule has 1 saturated carbocycles. The van der Waals surface area contributed by atoms with Gasteiger partial charge in [-0.1, -0.05) is 5.16 Å². The molecule has 0 bridgehead atoms. The summed E-state index contributed by atoms with van der Waals surface area (Å²) in [5.41, 5.74) is 0.690. The number of nitrogens with one attached hydrogen (secondary N) is 2. The van der Waals surface area contributed by atoms with Crippen molar-refractivity contribution in [3.63, 3.8) is 0 Å². The largest absolute Gasteiger partial charge is 0.497 e. The van der Waals surface area contributed by atoms with Gasteiger partial charge in [0.05, 0.1) is 19.8 Å². The van der Waals surface area contributed by atoms with E-state index in [9.17, 15) is 9.59 Å². The van der Waals surface area contributed by atoms with E-state index in [1.807, 2.05) is 0 Å². The first kappa shape index (κ1) is 18.8. The van der Waals surface area contributed by atoms with Crippen molar-refractivity contribution in [3.8, 4) is 22.8 Å². The van der Waals surface area contributed by atoms with Crippen LogP contribution in [0.4, 0.5) is 0 Å². The van der Waals surface area contributed by atoms with E-state index in [0.29, 0.717) is 35.3 Å². The second-order valence-corrected chi connectivity index (χ2v) is 6.53. The lowest BCUT2D eigenvalue weighted by molar-refractivity contribution is -0.122. The van der Waals surface area contributed by atoms with Gasteiger partial charge >= 0.3 is 0 Å². The summed E-state index contributed by atoms with van der Waals surface area (Å²) in [6.07, 6.45) is 2.30. The predicted molar refractivity (Wildman–Crippen MR) is 97.7 cm³/mol. The third kappa shape index (κ3) is 4.58. The average Bonchev–Trinajstić information content (AvgIpc) is 3.38. The zero-order valence-electron chi connectivity index (χ0n) is 15.6. The van der Waals surface area contributed by atoms with Crippen molar-refractivity contribution in [2.45, 2.75) is 25.8 Å². The lowest BCUT2D eigenvalue weighted by Gasteiger charge is -2.12. The highest BCUT2D eigenvalue weighted by molar-refractivity contribution is 5.96. The summed E-state index contributed by atoms with van der Waals surface area (Å²) in [5.74, 6) is 1.42. The molecule has 8 nitrogen and oxygen atoms in total. The van der Waals surface area contributed by atoms with E-state index < -0.39 is 11.9 Å². The number of aromatic nitrogens is 1. The van der Waals surface area contributed by atoms with Crippen LogP contribution in [0.3, 0.4) is 0 Å². The van der Waals surface area contributed by atoms with Crippen molar-refractivity contribution in [2.75, 3.05) is 20.8 Å². The molecule has 1 aliphatic carbocycles. The van der Waals surface area contributed by atoms with Crippen molar-refractivity contribution in [3.05, 3.63) is 30.0 Å². The lowest BCUT2D eigenvalue weighted by Crippen LogP contribution is -2.45. The number of rotatable bonds is 8. The SMILES string of the molecule is COc1ccc(OC)c(-c2cc(C(=O)N[C@H](C)C(=O)NCC3CC3)no2)c1. The molecule has 0 unspecified atom stereocenters. The molecule has 0 aliphatic heterocycles. The quantitative estimate of drug-likeness (QED) is 0.734. The Kier molecular flexibility index (Phi) is 5.63. The smallest absolute Gasteiger partial charge is 0.274 e. The molecule has 2 amide bonds. The Morgan fingerprint density at radius 3 is 2.70 bits per heavy atom. The number of ether oxygens (including phenoxy) is 2. The Balaban J connectivity index is 1.67. The van der Waals surface area contributed by atoms with Crippen molar-refractivity contribution in [1.82, 2.24) is 15.8 Å². The molecule has 1 heterocycles. The fraction of sp³-hybridized carbons (Fsp3) is 0.421. The van der Waals surface area contributed by atoms with Crippen LogP contribution in [0.25, 0.3) is 11.3 Å². The van der Waals surface area contributed by atoms with E-state index in [1.165, 1.54) is 13.2 Å². The number of nitrogens with zero attached hydrogens (tertiary/aromatic N) is 1. The maximum absolute atomic E-state index is 12.4. The van der Waals surface area contributed by atoms with Crippen LogP contribution in [0.1, 0.15) is 30.3 Å². The Morgan fingerprint density at radius 1 is 1.26 bits per heavy atom.